The largest absolute Gasteiger partial charge is 0.492 e. The van der Waals surface area contributed by atoms with E-state index in [0.29, 0.717) is 24.3 Å². The third-order valence-corrected chi connectivity index (χ3v) is 4.03. The van der Waals surface area contributed by atoms with Crippen LogP contribution in [0.25, 0.3) is 0 Å². The summed E-state index contributed by atoms with van der Waals surface area (Å²) in [6.07, 6.45) is 0.564. The molecule has 1 heterocycles. The maximum Gasteiger partial charge on any atom is 0.315 e. The zero-order chi connectivity index (χ0) is 18.7. The lowest BCUT2D eigenvalue weighted by Gasteiger charge is -2.28. The molecule has 0 aromatic heterocycles. The Balaban J connectivity index is 1.86. The number of fused-ring (bicyclic) bond motifs is 1. The minimum absolute atomic E-state index is 0.127. The molecule has 3 rings (SSSR count). The third-order valence-electron chi connectivity index (χ3n) is 4.03. The Morgan fingerprint density at radius 2 is 1.96 bits per heavy atom. The van der Waals surface area contributed by atoms with E-state index in [9.17, 15) is 18.4 Å². The van der Waals surface area contributed by atoms with Crippen molar-refractivity contribution in [1.29, 1.82) is 0 Å². The van der Waals surface area contributed by atoms with E-state index >= 15 is 0 Å². The molecule has 0 spiro atoms. The summed E-state index contributed by atoms with van der Waals surface area (Å²) in [5, 5.41) is 7.81. The molecule has 2 aromatic carbocycles. The molecule has 3 N–H and O–H groups in total. The fourth-order valence-electron chi connectivity index (χ4n) is 2.76. The molecule has 1 atom stereocenters. The second-order valence-electron chi connectivity index (χ2n) is 5.72. The number of halogens is 2. The minimum Gasteiger partial charge on any atom is -0.492 e. The maximum absolute atomic E-state index is 13.3. The second-order valence-corrected chi connectivity index (χ2v) is 5.72. The summed E-state index contributed by atoms with van der Waals surface area (Å²) in [4.78, 5) is 24.2. The van der Waals surface area contributed by atoms with Crippen molar-refractivity contribution < 1.29 is 23.1 Å². The molecule has 136 valence electrons. The number of urea groups is 1. The van der Waals surface area contributed by atoms with Crippen LogP contribution in [-0.4, -0.2) is 25.6 Å². The van der Waals surface area contributed by atoms with Crippen LogP contribution < -0.4 is 20.7 Å². The van der Waals surface area contributed by atoms with Crippen molar-refractivity contribution in [1.82, 2.24) is 10.6 Å². The van der Waals surface area contributed by atoms with E-state index in [2.05, 4.69) is 16.0 Å². The van der Waals surface area contributed by atoms with Crippen LogP contribution in [0.5, 0.6) is 5.75 Å². The highest BCUT2D eigenvalue weighted by atomic mass is 19.2. The molecular weight excluding hydrogens is 344 g/mol. The van der Waals surface area contributed by atoms with Gasteiger partial charge in [0.1, 0.15) is 5.75 Å². The van der Waals surface area contributed by atoms with E-state index in [0.717, 1.165) is 12.1 Å². The minimum atomic E-state index is -1.05. The lowest BCUT2D eigenvalue weighted by Crippen LogP contribution is -2.38. The first kappa shape index (κ1) is 17.7. The molecule has 1 aliphatic rings. The third kappa shape index (κ3) is 3.58. The van der Waals surface area contributed by atoms with Crippen molar-refractivity contribution in [3.63, 3.8) is 0 Å². The van der Waals surface area contributed by atoms with Gasteiger partial charge in [-0.2, -0.15) is 0 Å². The average Bonchev–Trinajstić information content (AvgIpc) is 2.64. The summed E-state index contributed by atoms with van der Waals surface area (Å²) < 4.78 is 32.0. The summed E-state index contributed by atoms with van der Waals surface area (Å²) in [6, 6.07) is 7.48. The lowest BCUT2D eigenvalue weighted by molar-refractivity contribution is 0.102. The van der Waals surface area contributed by atoms with Gasteiger partial charge in [0.05, 0.1) is 18.2 Å². The summed E-state index contributed by atoms with van der Waals surface area (Å²) >= 11 is 0. The number of para-hydroxylation sites is 1. The van der Waals surface area contributed by atoms with Crippen molar-refractivity contribution in [2.24, 2.45) is 0 Å². The normalized spacial score (nSPS) is 15.4. The van der Waals surface area contributed by atoms with E-state index in [4.69, 9.17) is 4.74 Å². The predicted octanol–water partition coefficient (Wildman–Crippen LogP) is 2.97. The number of anilines is 1. The van der Waals surface area contributed by atoms with E-state index in [-0.39, 0.29) is 23.3 Å². The van der Waals surface area contributed by atoms with Gasteiger partial charge in [0, 0.05) is 30.8 Å². The standard InChI is InChI=1S/C18H17F2N3O3/c1-21-18(25)23-15-7-8-26-16-11(15)3-2-4-12(16)17(24)22-10-5-6-13(19)14(20)9-10/h2-6,9,15H,7-8H2,1H3,(H,22,24)(H2,21,23,25)/t15-/m0/s1. The number of benzene rings is 2. The van der Waals surface area contributed by atoms with Crippen LogP contribution >= 0.6 is 0 Å². The number of amides is 3. The van der Waals surface area contributed by atoms with Gasteiger partial charge in [0.25, 0.3) is 5.91 Å². The maximum atomic E-state index is 13.3. The molecule has 0 bridgehead atoms. The Morgan fingerprint density at radius 3 is 2.69 bits per heavy atom. The molecule has 8 heteroatoms. The zero-order valence-corrected chi connectivity index (χ0v) is 13.9. The lowest BCUT2D eigenvalue weighted by atomic mass is 9.97. The summed E-state index contributed by atoms with van der Waals surface area (Å²) in [6.45, 7) is 0.330. The summed E-state index contributed by atoms with van der Waals surface area (Å²) in [7, 11) is 1.52. The number of rotatable bonds is 3. The van der Waals surface area contributed by atoms with Gasteiger partial charge in [-0.25, -0.2) is 13.6 Å². The highest BCUT2D eigenvalue weighted by Crippen LogP contribution is 2.35. The molecule has 3 amide bonds. The number of carbonyl (C=O) groups is 2. The topological polar surface area (TPSA) is 79.5 Å². The molecule has 0 radical (unpaired) electrons. The first-order chi connectivity index (χ1) is 12.5. The second kappa shape index (κ2) is 7.38. The van der Waals surface area contributed by atoms with Crippen molar-refractivity contribution in [3.05, 3.63) is 59.2 Å². The molecular formula is C18H17F2N3O3. The Bertz CT molecular complexity index is 858. The van der Waals surface area contributed by atoms with Crippen molar-refractivity contribution >= 4 is 17.6 Å². The van der Waals surface area contributed by atoms with Gasteiger partial charge >= 0.3 is 6.03 Å². The van der Waals surface area contributed by atoms with Gasteiger partial charge in [-0.15, -0.1) is 0 Å². The fraction of sp³-hybridized carbons (Fsp3) is 0.222. The SMILES string of the molecule is CNC(=O)N[C@H]1CCOc2c(C(=O)Nc3ccc(F)c(F)c3)cccc21. The first-order valence-corrected chi connectivity index (χ1v) is 8.00. The van der Waals surface area contributed by atoms with E-state index in [1.165, 1.54) is 13.1 Å². The molecule has 2 aromatic rings. The Morgan fingerprint density at radius 1 is 1.15 bits per heavy atom. The van der Waals surface area contributed by atoms with Crippen LogP contribution in [0.1, 0.15) is 28.4 Å². The molecule has 0 saturated heterocycles. The van der Waals surface area contributed by atoms with Gasteiger partial charge < -0.3 is 20.7 Å². The van der Waals surface area contributed by atoms with E-state index < -0.39 is 17.5 Å². The highest BCUT2D eigenvalue weighted by Gasteiger charge is 2.27. The van der Waals surface area contributed by atoms with Crippen molar-refractivity contribution in [2.45, 2.75) is 12.5 Å². The molecule has 0 unspecified atom stereocenters. The van der Waals surface area contributed by atoms with Gasteiger partial charge in [-0.1, -0.05) is 12.1 Å². The molecule has 6 nitrogen and oxygen atoms in total. The molecule has 26 heavy (non-hydrogen) atoms. The van der Waals surface area contributed by atoms with Gasteiger partial charge in [0.15, 0.2) is 11.6 Å². The van der Waals surface area contributed by atoms with E-state index in [1.54, 1.807) is 18.2 Å². The fourth-order valence-corrected chi connectivity index (χ4v) is 2.76. The Hall–Kier alpha value is -3.16. The Labute approximate surface area is 148 Å². The molecule has 0 saturated carbocycles. The highest BCUT2D eigenvalue weighted by molar-refractivity contribution is 6.06. The van der Waals surface area contributed by atoms with Gasteiger partial charge in [0.2, 0.25) is 0 Å². The number of hydrogen-bond donors (Lipinski definition) is 3. The quantitative estimate of drug-likeness (QED) is 0.786. The average molecular weight is 361 g/mol. The van der Waals surface area contributed by atoms with Crippen LogP contribution in [0.4, 0.5) is 19.3 Å². The number of ether oxygens (including phenoxy) is 1. The van der Waals surface area contributed by atoms with E-state index in [1.807, 2.05) is 0 Å². The van der Waals surface area contributed by atoms with Crippen LogP contribution in [0, 0.1) is 11.6 Å². The summed E-state index contributed by atoms with van der Waals surface area (Å²) in [5.74, 6) is -2.20. The van der Waals surface area contributed by atoms with Crippen molar-refractivity contribution in [3.8, 4) is 5.75 Å². The van der Waals surface area contributed by atoms with Gasteiger partial charge in [-0.05, 0) is 18.2 Å². The number of hydrogen-bond acceptors (Lipinski definition) is 3. The molecule has 0 fully saturated rings. The Kier molecular flexibility index (Phi) is 5.01. The monoisotopic (exact) mass is 361 g/mol. The van der Waals surface area contributed by atoms with Crippen LogP contribution in [0.15, 0.2) is 36.4 Å². The predicted molar refractivity (Wildman–Crippen MR) is 91.2 cm³/mol. The summed E-state index contributed by atoms with van der Waals surface area (Å²) in [5.41, 5.74) is 1.05. The van der Waals surface area contributed by atoms with Crippen LogP contribution in [0.2, 0.25) is 0 Å². The zero-order valence-electron chi connectivity index (χ0n) is 13.9. The first-order valence-electron chi connectivity index (χ1n) is 8.00. The van der Waals surface area contributed by atoms with Crippen molar-refractivity contribution in [2.75, 3.05) is 19.0 Å². The number of nitrogens with one attached hydrogen (secondary N) is 3. The van der Waals surface area contributed by atoms with Crippen LogP contribution in [0.3, 0.4) is 0 Å². The molecule has 1 aliphatic heterocycles. The molecule has 0 aliphatic carbocycles. The smallest absolute Gasteiger partial charge is 0.315 e. The van der Waals surface area contributed by atoms with Crippen LogP contribution in [-0.2, 0) is 0 Å². The van der Waals surface area contributed by atoms with Gasteiger partial charge in [-0.3, -0.25) is 4.79 Å². The number of carbonyl (C=O) groups excluding carboxylic acids is 2.